The Hall–Kier alpha value is -2.95. The normalized spacial score (nSPS) is 14.6. The summed E-state index contributed by atoms with van der Waals surface area (Å²) in [5.41, 5.74) is 0.501. The first-order valence-corrected chi connectivity index (χ1v) is 11.2. The first-order valence-electron chi connectivity index (χ1n) is 9.78. The minimum Gasteiger partial charge on any atom is -0.493 e. The molecule has 1 saturated heterocycles. The van der Waals surface area contributed by atoms with Crippen molar-refractivity contribution in [2.45, 2.75) is 11.8 Å². The monoisotopic (exact) mass is 448 g/mol. The number of benzene rings is 2. The van der Waals surface area contributed by atoms with E-state index in [0.717, 1.165) is 0 Å². The maximum absolute atomic E-state index is 12.8. The molecule has 0 atom stereocenters. The van der Waals surface area contributed by atoms with Crippen LogP contribution in [0, 0.1) is 0 Å². The maximum atomic E-state index is 12.8. The number of rotatable bonds is 8. The first-order chi connectivity index (χ1) is 14.9. The van der Waals surface area contributed by atoms with Gasteiger partial charge in [-0.05, 0) is 37.3 Å². The predicted molar refractivity (Wildman–Crippen MR) is 113 cm³/mol. The Balaban J connectivity index is 1.61. The van der Waals surface area contributed by atoms with Crippen molar-refractivity contribution in [2.75, 3.05) is 44.8 Å². The Labute approximate surface area is 181 Å². The molecule has 1 aliphatic rings. The van der Waals surface area contributed by atoms with Crippen LogP contribution in [0.25, 0.3) is 0 Å². The highest BCUT2D eigenvalue weighted by Gasteiger charge is 2.26. The summed E-state index contributed by atoms with van der Waals surface area (Å²) < 4.78 is 42.5. The van der Waals surface area contributed by atoms with Crippen LogP contribution in [-0.2, 0) is 24.3 Å². The van der Waals surface area contributed by atoms with Crippen LogP contribution in [0.5, 0.6) is 5.75 Å². The Kier molecular flexibility index (Phi) is 7.61. The summed E-state index contributed by atoms with van der Waals surface area (Å²) in [6.45, 7) is 2.88. The van der Waals surface area contributed by atoms with Gasteiger partial charge in [0.2, 0.25) is 10.0 Å². The van der Waals surface area contributed by atoms with Crippen LogP contribution in [0.2, 0.25) is 0 Å². The molecule has 0 aliphatic carbocycles. The van der Waals surface area contributed by atoms with E-state index in [1.807, 2.05) is 0 Å². The zero-order chi connectivity index (χ0) is 22.3. The van der Waals surface area contributed by atoms with E-state index in [-0.39, 0.29) is 29.2 Å². The summed E-state index contributed by atoms with van der Waals surface area (Å²) in [5.74, 6) is -0.914. The van der Waals surface area contributed by atoms with Gasteiger partial charge in [0.25, 0.3) is 5.91 Å². The summed E-state index contributed by atoms with van der Waals surface area (Å²) in [5, 5.41) is 2.55. The number of para-hydroxylation sites is 1. The second kappa shape index (κ2) is 10.4. The lowest BCUT2D eigenvalue weighted by atomic mass is 10.2. The van der Waals surface area contributed by atoms with Crippen LogP contribution in [0.1, 0.15) is 17.3 Å². The molecule has 0 bridgehead atoms. The molecule has 1 amide bonds. The van der Waals surface area contributed by atoms with Crippen molar-refractivity contribution in [2.24, 2.45) is 0 Å². The zero-order valence-corrected chi connectivity index (χ0v) is 17.9. The van der Waals surface area contributed by atoms with Crippen molar-refractivity contribution in [3.8, 4) is 5.75 Å². The second-order valence-corrected chi connectivity index (χ2v) is 8.54. The third-order valence-corrected chi connectivity index (χ3v) is 6.36. The fourth-order valence-corrected chi connectivity index (χ4v) is 4.45. The number of nitrogens with one attached hydrogen (secondary N) is 1. The molecule has 1 aliphatic heterocycles. The Morgan fingerprint density at radius 1 is 1.10 bits per heavy atom. The summed E-state index contributed by atoms with van der Waals surface area (Å²) >= 11 is 0. The molecule has 1 fully saturated rings. The molecule has 0 unspecified atom stereocenters. The Morgan fingerprint density at radius 2 is 1.84 bits per heavy atom. The number of amides is 1. The minimum absolute atomic E-state index is 0.0647. The fourth-order valence-electron chi connectivity index (χ4n) is 2.99. The number of esters is 1. The molecular weight excluding hydrogens is 424 g/mol. The van der Waals surface area contributed by atoms with Crippen molar-refractivity contribution in [3.05, 3.63) is 54.1 Å². The first kappa shape index (κ1) is 22.7. The van der Waals surface area contributed by atoms with Crippen molar-refractivity contribution >= 4 is 27.6 Å². The van der Waals surface area contributed by atoms with Crippen molar-refractivity contribution in [1.29, 1.82) is 0 Å². The topological polar surface area (TPSA) is 111 Å². The number of hydrogen-bond acceptors (Lipinski definition) is 7. The highest BCUT2D eigenvalue weighted by Crippen LogP contribution is 2.21. The molecule has 1 heterocycles. The number of carbonyl (C=O) groups is 2. The lowest BCUT2D eigenvalue weighted by Gasteiger charge is -2.26. The van der Waals surface area contributed by atoms with Gasteiger partial charge in [0, 0.05) is 18.8 Å². The number of anilines is 1. The summed E-state index contributed by atoms with van der Waals surface area (Å²) in [6, 6.07) is 12.5. The lowest BCUT2D eigenvalue weighted by molar-refractivity contribution is -0.119. The Morgan fingerprint density at radius 3 is 2.58 bits per heavy atom. The molecule has 3 rings (SSSR count). The van der Waals surface area contributed by atoms with Gasteiger partial charge in [-0.15, -0.1) is 0 Å². The van der Waals surface area contributed by atoms with Gasteiger partial charge in [-0.1, -0.05) is 18.2 Å². The number of carbonyl (C=O) groups excluding carboxylic acids is 2. The zero-order valence-electron chi connectivity index (χ0n) is 17.1. The van der Waals surface area contributed by atoms with Gasteiger partial charge in [-0.25, -0.2) is 13.2 Å². The lowest BCUT2D eigenvalue weighted by Crippen LogP contribution is -2.40. The summed E-state index contributed by atoms with van der Waals surface area (Å²) in [7, 11) is -3.69. The average molecular weight is 448 g/mol. The molecule has 0 radical (unpaired) electrons. The number of morpholine rings is 1. The molecule has 10 heteroatoms. The van der Waals surface area contributed by atoms with E-state index in [1.54, 1.807) is 37.3 Å². The molecule has 1 N–H and O–H groups in total. The molecule has 0 saturated carbocycles. The number of nitrogens with zero attached hydrogens (tertiary/aromatic N) is 1. The third kappa shape index (κ3) is 5.81. The Bertz CT molecular complexity index is 1030. The van der Waals surface area contributed by atoms with Gasteiger partial charge in [0.1, 0.15) is 11.3 Å². The average Bonchev–Trinajstić information content (AvgIpc) is 2.79. The van der Waals surface area contributed by atoms with Crippen LogP contribution < -0.4 is 10.1 Å². The van der Waals surface area contributed by atoms with E-state index in [4.69, 9.17) is 14.2 Å². The van der Waals surface area contributed by atoms with Crippen molar-refractivity contribution in [3.63, 3.8) is 0 Å². The highest BCUT2D eigenvalue weighted by atomic mass is 32.2. The van der Waals surface area contributed by atoms with Crippen LogP contribution in [0.3, 0.4) is 0 Å². The molecule has 2 aromatic carbocycles. The number of hydrogen-bond donors (Lipinski definition) is 1. The third-order valence-electron chi connectivity index (χ3n) is 4.47. The van der Waals surface area contributed by atoms with Gasteiger partial charge in [-0.2, -0.15) is 4.31 Å². The van der Waals surface area contributed by atoms with Crippen LogP contribution in [0.15, 0.2) is 53.4 Å². The molecule has 31 heavy (non-hydrogen) atoms. The maximum Gasteiger partial charge on any atom is 0.342 e. The largest absolute Gasteiger partial charge is 0.493 e. The molecule has 9 nitrogen and oxygen atoms in total. The van der Waals surface area contributed by atoms with E-state index < -0.39 is 28.5 Å². The summed E-state index contributed by atoms with van der Waals surface area (Å²) in [6.07, 6.45) is 0. The van der Waals surface area contributed by atoms with E-state index in [9.17, 15) is 18.0 Å². The van der Waals surface area contributed by atoms with Crippen molar-refractivity contribution in [1.82, 2.24) is 4.31 Å². The van der Waals surface area contributed by atoms with E-state index in [1.165, 1.54) is 22.5 Å². The molecule has 2 aromatic rings. The van der Waals surface area contributed by atoms with E-state index >= 15 is 0 Å². The van der Waals surface area contributed by atoms with Gasteiger partial charge in [0.05, 0.1) is 24.7 Å². The van der Waals surface area contributed by atoms with Gasteiger partial charge < -0.3 is 19.5 Å². The smallest absolute Gasteiger partial charge is 0.342 e. The van der Waals surface area contributed by atoms with Crippen molar-refractivity contribution < 1.29 is 32.2 Å². The highest BCUT2D eigenvalue weighted by molar-refractivity contribution is 7.89. The van der Waals surface area contributed by atoms with Gasteiger partial charge in [-0.3, -0.25) is 4.79 Å². The van der Waals surface area contributed by atoms with E-state index in [2.05, 4.69) is 5.32 Å². The standard InChI is InChI=1S/C21H24N2O7S/c1-2-29-19-9-4-3-8-18(19)21(25)30-15-20(24)22-16-6-5-7-17(14-16)31(26,27)23-10-12-28-13-11-23/h3-9,14H,2,10-13,15H2,1H3,(H,22,24). The quantitative estimate of drug-likeness (QED) is 0.614. The van der Waals surface area contributed by atoms with E-state index in [0.29, 0.717) is 25.6 Å². The SMILES string of the molecule is CCOc1ccccc1C(=O)OCC(=O)Nc1cccc(S(=O)(=O)N2CCOCC2)c1. The molecule has 0 aromatic heterocycles. The number of ether oxygens (including phenoxy) is 3. The fraction of sp³-hybridized carbons (Fsp3) is 0.333. The van der Waals surface area contributed by atoms with Gasteiger partial charge in [0.15, 0.2) is 6.61 Å². The van der Waals surface area contributed by atoms with Crippen LogP contribution in [-0.4, -0.2) is 64.1 Å². The minimum atomic E-state index is -3.69. The second-order valence-electron chi connectivity index (χ2n) is 6.60. The molecule has 0 spiro atoms. The predicted octanol–water partition coefficient (Wildman–Crippen LogP) is 1.90. The number of sulfonamides is 1. The van der Waals surface area contributed by atoms with Crippen LogP contribution in [0.4, 0.5) is 5.69 Å². The molecule has 166 valence electrons. The molecular formula is C21H24N2O7S. The van der Waals surface area contributed by atoms with Crippen LogP contribution >= 0.6 is 0 Å². The van der Waals surface area contributed by atoms with Gasteiger partial charge >= 0.3 is 5.97 Å². The summed E-state index contributed by atoms with van der Waals surface area (Å²) in [4.78, 5) is 24.6.